The van der Waals surface area contributed by atoms with E-state index < -0.39 is 5.97 Å². The van der Waals surface area contributed by atoms with Crippen LogP contribution in [-0.2, 0) is 14.3 Å². The minimum Gasteiger partial charge on any atom is -0.481 e. The number of ether oxygens (including phenoxy) is 2. The zero-order chi connectivity index (χ0) is 19.3. The van der Waals surface area contributed by atoms with Crippen molar-refractivity contribution in [1.29, 1.82) is 0 Å². The molecule has 1 fully saturated rings. The van der Waals surface area contributed by atoms with E-state index in [-0.39, 0.29) is 12.5 Å². The van der Waals surface area contributed by atoms with Gasteiger partial charge in [0.2, 0.25) is 0 Å². The highest BCUT2D eigenvalue weighted by Crippen LogP contribution is 2.29. The molecule has 0 radical (unpaired) electrons. The maximum atomic E-state index is 11.9. The Balaban J connectivity index is 2.31. The smallest absolute Gasteiger partial charge is 0.343 e. The van der Waals surface area contributed by atoms with Crippen molar-refractivity contribution < 1.29 is 19.1 Å². The molecule has 0 aliphatic carbocycles. The molecule has 1 amide bonds. The number of carbonyl (C=O) groups excluding carboxylic acids is 2. The first-order valence-corrected chi connectivity index (χ1v) is 9.30. The Hall–Kier alpha value is -2.12. The first kappa shape index (κ1) is 20.2. The number of nitrogens with one attached hydrogen (secondary N) is 1. The van der Waals surface area contributed by atoms with Crippen LogP contribution in [0.5, 0.6) is 5.75 Å². The van der Waals surface area contributed by atoms with E-state index in [1.165, 1.54) is 18.9 Å². The molecule has 2 rings (SSSR count). The van der Waals surface area contributed by atoms with Gasteiger partial charge in [0.15, 0.2) is 6.61 Å². The van der Waals surface area contributed by atoms with E-state index >= 15 is 0 Å². The largest absolute Gasteiger partial charge is 0.481 e. The Labute approximate surface area is 162 Å². The van der Waals surface area contributed by atoms with Gasteiger partial charge in [-0.05, 0) is 36.1 Å². The Morgan fingerprint density at radius 1 is 1.38 bits per heavy atom. The lowest BCUT2D eigenvalue weighted by Gasteiger charge is -2.12. The van der Waals surface area contributed by atoms with E-state index in [2.05, 4.69) is 23.9 Å². The highest BCUT2D eigenvalue weighted by atomic mass is 32.2. The molecule has 0 atom stereocenters. The summed E-state index contributed by atoms with van der Waals surface area (Å²) in [7, 11) is 1.32. The normalized spacial score (nSPS) is 16.2. The average molecular weight is 392 g/mol. The molecule has 1 saturated heterocycles. The summed E-state index contributed by atoms with van der Waals surface area (Å²) in [5.74, 6) is 0.302. The Kier molecular flexibility index (Phi) is 6.99. The zero-order valence-electron chi connectivity index (χ0n) is 15.1. The molecule has 0 saturated carbocycles. The highest BCUT2D eigenvalue weighted by molar-refractivity contribution is 8.26. The van der Waals surface area contributed by atoms with Gasteiger partial charge in [-0.3, -0.25) is 4.79 Å². The van der Waals surface area contributed by atoms with Gasteiger partial charge in [-0.2, -0.15) is 0 Å². The van der Waals surface area contributed by atoms with Crippen molar-refractivity contribution in [2.24, 2.45) is 0 Å². The predicted octanol–water partition coefficient (Wildman–Crippen LogP) is 3.80. The van der Waals surface area contributed by atoms with Crippen molar-refractivity contribution in [2.75, 3.05) is 13.7 Å². The summed E-state index contributed by atoms with van der Waals surface area (Å²) < 4.78 is 10.6. The van der Waals surface area contributed by atoms with Crippen LogP contribution in [0.2, 0.25) is 0 Å². The first-order valence-electron chi connectivity index (χ1n) is 8.07. The fourth-order valence-electron chi connectivity index (χ4n) is 2.25. The monoisotopic (exact) mass is 391 g/mol. The number of carbonyl (C=O) groups is 2. The molecule has 1 N–H and O–H groups in total. The summed E-state index contributed by atoms with van der Waals surface area (Å²) in [5, 5.41) is 2.61. The lowest BCUT2D eigenvalue weighted by molar-refractivity contribution is -0.142. The molecule has 138 valence electrons. The van der Waals surface area contributed by atoms with Crippen LogP contribution in [0.4, 0.5) is 0 Å². The van der Waals surface area contributed by atoms with Crippen molar-refractivity contribution in [2.45, 2.75) is 26.7 Å². The van der Waals surface area contributed by atoms with Crippen LogP contribution in [0.25, 0.3) is 6.08 Å². The van der Waals surface area contributed by atoms with Gasteiger partial charge in [0.25, 0.3) is 5.91 Å². The predicted molar refractivity (Wildman–Crippen MR) is 108 cm³/mol. The Bertz CT molecular complexity index is 797. The fourth-order valence-corrected chi connectivity index (χ4v) is 3.29. The van der Waals surface area contributed by atoms with E-state index in [0.717, 1.165) is 16.7 Å². The topological polar surface area (TPSA) is 64.6 Å². The second kappa shape index (κ2) is 9.00. The molecule has 1 aliphatic heterocycles. The summed E-state index contributed by atoms with van der Waals surface area (Å²) in [6.45, 7) is 5.90. The van der Waals surface area contributed by atoms with Crippen LogP contribution in [0.15, 0.2) is 34.8 Å². The van der Waals surface area contributed by atoms with E-state index in [1.807, 2.05) is 37.3 Å². The molecule has 0 unspecified atom stereocenters. The van der Waals surface area contributed by atoms with Crippen molar-refractivity contribution in [3.63, 3.8) is 0 Å². The second-order valence-electron chi connectivity index (χ2n) is 6.01. The Morgan fingerprint density at radius 3 is 2.69 bits per heavy atom. The number of rotatable bonds is 6. The molecule has 1 heterocycles. The van der Waals surface area contributed by atoms with E-state index in [9.17, 15) is 9.59 Å². The first-order chi connectivity index (χ1) is 12.3. The van der Waals surface area contributed by atoms with Crippen LogP contribution >= 0.6 is 24.0 Å². The van der Waals surface area contributed by atoms with Crippen LogP contribution in [0.1, 0.15) is 37.8 Å². The van der Waals surface area contributed by atoms with Gasteiger partial charge in [-0.25, -0.2) is 4.79 Å². The third kappa shape index (κ3) is 5.19. The van der Waals surface area contributed by atoms with E-state index in [0.29, 0.717) is 20.9 Å². The van der Waals surface area contributed by atoms with E-state index in [1.54, 1.807) is 0 Å². The summed E-state index contributed by atoms with van der Waals surface area (Å²) in [5.41, 5.74) is 2.78. The zero-order valence-corrected chi connectivity index (χ0v) is 16.8. The lowest BCUT2D eigenvalue weighted by Crippen LogP contribution is -2.18. The molecule has 1 aliphatic rings. The molecule has 0 aromatic heterocycles. The molecular formula is C19H21NO4S2. The van der Waals surface area contributed by atoms with E-state index in [4.69, 9.17) is 17.0 Å². The number of hydrogen-bond acceptors (Lipinski definition) is 6. The third-order valence-electron chi connectivity index (χ3n) is 3.76. The van der Waals surface area contributed by atoms with Gasteiger partial charge in [0.05, 0.1) is 12.0 Å². The summed E-state index contributed by atoms with van der Waals surface area (Å²) in [6.07, 6.45) is 3.72. The summed E-state index contributed by atoms with van der Waals surface area (Å²) in [4.78, 5) is 23.8. The molecule has 26 heavy (non-hydrogen) atoms. The minimum absolute atomic E-state index is 0.162. The molecule has 5 nitrogen and oxygen atoms in total. The average Bonchev–Trinajstić information content (AvgIpc) is 2.95. The number of thiocarbonyl (C=S) groups is 1. The van der Waals surface area contributed by atoms with Crippen LogP contribution in [-0.4, -0.2) is 29.9 Å². The quantitative estimate of drug-likeness (QED) is 0.452. The standard InChI is InChI=1S/C19H21NO4S2/c1-11(2)13-7-8-15(24-10-16(21)23-4)14(9-13)6-5-12(3)17-18(22)20-19(25)26-17/h5-9,11H,10H2,1-4H3,(H,20,22,25). The van der Waals surface area contributed by atoms with Gasteiger partial charge >= 0.3 is 5.97 Å². The van der Waals surface area contributed by atoms with Crippen molar-refractivity contribution in [3.8, 4) is 5.75 Å². The van der Waals surface area contributed by atoms with Crippen molar-refractivity contribution >= 4 is 46.3 Å². The Morgan fingerprint density at radius 2 is 2.12 bits per heavy atom. The minimum atomic E-state index is -0.446. The fraction of sp³-hybridized carbons (Fsp3) is 0.316. The van der Waals surface area contributed by atoms with Crippen LogP contribution < -0.4 is 10.1 Å². The highest BCUT2D eigenvalue weighted by Gasteiger charge is 2.23. The molecule has 7 heteroatoms. The maximum absolute atomic E-state index is 11.9. The SMILES string of the molecule is COC(=O)COc1ccc(C(C)C)cc1C=CC(C)=C1SC(=S)NC1=O. The van der Waals surface area contributed by atoms with Crippen LogP contribution in [0.3, 0.4) is 0 Å². The van der Waals surface area contributed by atoms with Gasteiger partial charge in [0.1, 0.15) is 10.1 Å². The molecule has 0 bridgehead atoms. The lowest BCUT2D eigenvalue weighted by atomic mass is 9.99. The number of hydrogen-bond donors (Lipinski definition) is 1. The number of thioether (sulfide) groups is 1. The molecule has 1 aromatic rings. The molecular weight excluding hydrogens is 370 g/mol. The number of allylic oxidation sites excluding steroid dienone is 2. The maximum Gasteiger partial charge on any atom is 0.343 e. The molecule has 1 aromatic carbocycles. The van der Waals surface area contributed by atoms with Gasteiger partial charge in [-0.15, -0.1) is 0 Å². The number of esters is 1. The van der Waals surface area contributed by atoms with Gasteiger partial charge in [0, 0.05) is 5.56 Å². The van der Waals surface area contributed by atoms with Gasteiger partial charge in [-0.1, -0.05) is 56.0 Å². The second-order valence-corrected chi connectivity index (χ2v) is 7.69. The van der Waals surface area contributed by atoms with Crippen molar-refractivity contribution in [1.82, 2.24) is 5.32 Å². The van der Waals surface area contributed by atoms with Crippen molar-refractivity contribution in [3.05, 3.63) is 45.9 Å². The van der Waals surface area contributed by atoms with Gasteiger partial charge < -0.3 is 14.8 Å². The van der Waals surface area contributed by atoms with Crippen LogP contribution in [0, 0.1) is 0 Å². The summed E-state index contributed by atoms with van der Waals surface area (Å²) >= 11 is 6.27. The summed E-state index contributed by atoms with van der Waals surface area (Å²) in [6, 6.07) is 5.82. The third-order valence-corrected chi connectivity index (χ3v) is 5.11. The number of methoxy groups -OCH3 is 1. The molecule has 0 spiro atoms. The number of amides is 1. The number of benzene rings is 1.